The summed E-state index contributed by atoms with van der Waals surface area (Å²) in [5, 5.41) is 3.47. The van der Waals surface area contributed by atoms with Gasteiger partial charge in [-0.3, -0.25) is 4.98 Å². The third-order valence-corrected chi connectivity index (χ3v) is 4.92. The quantitative estimate of drug-likeness (QED) is 0.936. The Morgan fingerprint density at radius 3 is 2.95 bits per heavy atom. The molecule has 0 aliphatic carbocycles. The van der Waals surface area contributed by atoms with Gasteiger partial charge < -0.3 is 15.0 Å². The Morgan fingerprint density at radius 1 is 1.35 bits per heavy atom. The van der Waals surface area contributed by atoms with Crippen LogP contribution < -0.4 is 15.0 Å². The third kappa shape index (κ3) is 2.08. The van der Waals surface area contributed by atoms with Crippen molar-refractivity contribution in [1.82, 2.24) is 4.98 Å². The lowest BCUT2D eigenvalue weighted by Crippen LogP contribution is -2.18. The lowest BCUT2D eigenvalue weighted by Gasteiger charge is -2.23. The molecule has 0 bridgehead atoms. The average Bonchev–Trinajstić information content (AvgIpc) is 2.83. The number of anilines is 2. The first-order valence-electron chi connectivity index (χ1n) is 6.44. The monoisotopic (exact) mass is 287 g/mol. The van der Waals surface area contributed by atoms with E-state index in [0.29, 0.717) is 0 Å². The van der Waals surface area contributed by atoms with E-state index in [2.05, 4.69) is 34.4 Å². The Bertz CT molecular complexity index is 632. The van der Waals surface area contributed by atoms with E-state index >= 15 is 0 Å². The molecule has 1 aromatic heterocycles. The van der Waals surface area contributed by atoms with E-state index in [-0.39, 0.29) is 5.37 Å². The number of hydrogen-bond donors (Lipinski definition) is 1. The predicted octanol–water partition coefficient (Wildman–Crippen LogP) is 3.37. The fourth-order valence-electron chi connectivity index (χ4n) is 2.43. The molecule has 0 fully saturated rings. The summed E-state index contributed by atoms with van der Waals surface area (Å²) in [5.74, 6) is 0.886. The zero-order chi connectivity index (χ0) is 14.1. The zero-order valence-electron chi connectivity index (χ0n) is 11.8. The number of aromatic nitrogens is 1. The molecule has 104 valence electrons. The molecule has 2 heterocycles. The second kappa shape index (κ2) is 5.25. The van der Waals surface area contributed by atoms with Crippen LogP contribution in [0.1, 0.15) is 10.9 Å². The van der Waals surface area contributed by atoms with Gasteiger partial charge in [0.15, 0.2) is 0 Å². The van der Waals surface area contributed by atoms with Crippen molar-refractivity contribution in [2.45, 2.75) is 10.3 Å². The lowest BCUT2D eigenvalue weighted by atomic mass is 10.2. The van der Waals surface area contributed by atoms with Gasteiger partial charge in [-0.2, -0.15) is 0 Å². The number of thioether (sulfide) groups is 1. The van der Waals surface area contributed by atoms with Crippen molar-refractivity contribution >= 4 is 23.1 Å². The van der Waals surface area contributed by atoms with Crippen LogP contribution in [0.2, 0.25) is 0 Å². The summed E-state index contributed by atoms with van der Waals surface area (Å²) < 4.78 is 5.31. The van der Waals surface area contributed by atoms with Crippen molar-refractivity contribution in [3.8, 4) is 5.75 Å². The normalized spacial score (nSPS) is 16.9. The van der Waals surface area contributed by atoms with Gasteiger partial charge in [-0.25, -0.2) is 0 Å². The molecule has 1 aliphatic heterocycles. The van der Waals surface area contributed by atoms with E-state index in [1.807, 2.05) is 43.3 Å². The van der Waals surface area contributed by atoms with Crippen LogP contribution in [0.4, 0.5) is 11.4 Å². The van der Waals surface area contributed by atoms with E-state index in [1.165, 1.54) is 16.1 Å². The highest BCUT2D eigenvalue weighted by atomic mass is 32.2. The third-order valence-electron chi connectivity index (χ3n) is 3.52. The minimum Gasteiger partial charge on any atom is -0.497 e. The van der Waals surface area contributed by atoms with Gasteiger partial charge in [0.1, 0.15) is 11.1 Å². The van der Waals surface area contributed by atoms with Crippen LogP contribution in [0.25, 0.3) is 0 Å². The summed E-state index contributed by atoms with van der Waals surface area (Å²) in [6, 6.07) is 8.21. The van der Waals surface area contributed by atoms with Crippen LogP contribution in [0, 0.1) is 0 Å². The molecule has 20 heavy (non-hydrogen) atoms. The van der Waals surface area contributed by atoms with Gasteiger partial charge in [0.05, 0.1) is 12.8 Å². The van der Waals surface area contributed by atoms with Gasteiger partial charge >= 0.3 is 0 Å². The van der Waals surface area contributed by atoms with Gasteiger partial charge in [0, 0.05) is 48.7 Å². The standard InChI is InChI=1S/C15H17N3OS/c1-16-12-6-7-17-9-11(12)15-18(2)13-8-10(19-3)4-5-14(13)20-15/h4-9,15H,1-3H3,(H,16,17). The van der Waals surface area contributed by atoms with Gasteiger partial charge in [-0.15, -0.1) is 0 Å². The fourth-order valence-corrected chi connectivity index (χ4v) is 3.73. The number of pyridine rings is 1. The molecule has 0 spiro atoms. The first-order valence-corrected chi connectivity index (χ1v) is 7.31. The molecular weight excluding hydrogens is 270 g/mol. The van der Waals surface area contributed by atoms with Crippen molar-refractivity contribution in [3.05, 3.63) is 42.2 Å². The van der Waals surface area contributed by atoms with E-state index in [4.69, 9.17) is 4.74 Å². The van der Waals surface area contributed by atoms with Crippen molar-refractivity contribution < 1.29 is 4.74 Å². The largest absolute Gasteiger partial charge is 0.497 e. The fraction of sp³-hybridized carbons (Fsp3) is 0.267. The summed E-state index contributed by atoms with van der Waals surface area (Å²) in [6.07, 6.45) is 3.74. The van der Waals surface area contributed by atoms with Gasteiger partial charge in [-0.1, -0.05) is 11.8 Å². The Morgan fingerprint density at radius 2 is 2.20 bits per heavy atom. The molecule has 1 aromatic carbocycles. The maximum atomic E-state index is 5.31. The Hall–Kier alpha value is -1.88. The number of hydrogen-bond acceptors (Lipinski definition) is 5. The molecule has 0 radical (unpaired) electrons. The molecule has 4 nitrogen and oxygen atoms in total. The van der Waals surface area contributed by atoms with Crippen LogP contribution in [0.5, 0.6) is 5.75 Å². The molecule has 1 aliphatic rings. The van der Waals surface area contributed by atoms with Crippen LogP contribution in [0.3, 0.4) is 0 Å². The van der Waals surface area contributed by atoms with Gasteiger partial charge in [-0.05, 0) is 18.2 Å². The molecule has 0 saturated carbocycles. The van der Waals surface area contributed by atoms with Crippen molar-refractivity contribution in [3.63, 3.8) is 0 Å². The Balaban J connectivity index is 1.99. The maximum absolute atomic E-state index is 5.31. The lowest BCUT2D eigenvalue weighted by molar-refractivity contribution is 0.414. The summed E-state index contributed by atoms with van der Waals surface area (Å²) in [6.45, 7) is 0. The molecule has 1 N–H and O–H groups in total. The molecular formula is C15H17N3OS. The van der Waals surface area contributed by atoms with Crippen LogP contribution in [-0.2, 0) is 0 Å². The Labute approximate surface area is 123 Å². The second-order valence-corrected chi connectivity index (χ2v) is 5.75. The van der Waals surface area contributed by atoms with Crippen molar-refractivity contribution in [1.29, 1.82) is 0 Å². The molecule has 3 rings (SSSR count). The molecule has 1 unspecified atom stereocenters. The minimum atomic E-state index is 0.230. The predicted molar refractivity (Wildman–Crippen MR) is 83.8 cm³/mol. The molecule has 2 aromatic rings. The number of nitrogens with one attached hydrogen (secondary N) is 1. The SMILES string of the molecule is CNc1ccncc1C1Sc2ccc(OC)cc2N1C. The first-order chi connectivity index (χ1) is 9.74. The number of nitrogens with zero attached hydrogens (tertiary/aromatic N) is 2. The molecule has 1 atom stereocenters. The van der Waals surface area contributed by atoms with Crippen LogP contribution >= 0.6 is 11.8 Å². The Kier molecular flexibility index (Phi) is 3.44. The average molecular weight is 287 g/mol. The minimum absolute atomic E-state index is 0.230. The summed E-state index contributed by atoms with van der Waals surface area (Å²) in [5.41, 5.74) is 3.51. The molecule has 5 heteroatoms. The van der Waals surface area contributed by atoms with Crippen LogP contribution in [-0.4, -0.2) is 26.2 Å². The number of benzene rings is 1. The summed E-state index contributed by atoms with van der Waals surface area (Å²) >= 11 is 1.84. The van der Waals surface area contributed by atoms with Crippen molar-refractivity contribution in [2.24, 2.45) is 0 Å². The highest BCUT2D eigenvalue weighted by Crippen LogP contribution is 2.52. The highest BCUT2D eigenvalue weighted by Gasteiger charge is 2.30. The van der Waals surface area contributed by atoms with Gasteiger partial charge in [0.2, 0.25) is 0 Å². The van der Waals surface area contributed by atoms with E-state index in [1.54, 1.807) is 7.11 Å². The zero-order valence-corrected chi connectivity index (χ0v) is 12.6. The summed E-state index contributed by atoms with van der Waals surface area (Å²) in [4.78, 5) is 7.80. The highest BCUT2D eigenvalue weighted by molar-refractivity contribution is 8.00. The summed E-state index contributed by atoms with van der Waals surface area (Å²) in [7, 11) is 5.74. The van der Waals surface area contributed by atoms with Gasteiger partial charge in [0.25, 0.3) is 0 Å². The van der Waals surface area contributed by atoms with E-state index in [9.17, 15) is 0 Å². The molecule has 0 saturated heterocycles. The van der Waals surface area contributed by atoms with Crippen LogP contribution in [0.15, 0.2) is 41.6 Å². The number of rotatable bonds is 3. The number of fused-ring (bicyclic) bond motifs is 1. The van der Waals surface area contributed by atoms with E-state index in [0.717, 1.165) is 11.4 Å². The smallest absolute Gasteiger partial charge is 0.121 e. The molecule has 0 amide bonds. The topological polar surface area (TPSA) is 37.4 Å². The first kappa shape index (κ1) is 13.1. The van der Waals surface area contributed by atoms with E-state index < -0.39 is 0 Å². The number of ether oxygens (including phenoxy) is 1. The maximum Gasteiger partial charge on any atom is 0.121 e. The second-order valence-electron chi connectivity index (χ2n) is 4.63. The number of methoxy groups -OCH3 is 1. The van der Waals surface area contributed by atoms with Crippen molar-refractivity contribution in [2.75, 3.05) is 31.4 Å².